The van der Waals surface area contributed by atoms with Crippen LogP contribution in [0.4, 0.5) is 0 Å². The highest BCUT2D eigenvalue weighted by Gasteiger charge is 2.22. The molecule has 0 fully saturated rings. The number of phosphoric ester groups is 1. The molecular formula is C87H154NO8P. The number of quaternary nitrogens is 1. The first-order valence-corrected chi connectivity index (χ1v) is 42.2. The van der Waals surface area contributed by atoms with Gasteiger partial charge in [-0.05, 0) is 89.9 Å². The van der Waals surface area contributed by atoms with Gasteiger partial charge in [0.15, 0.2) is 6.10 Å². The maximum Gasteiger partial charge on any atom is 0.306 e. The van der Waals surface area contributed by atoms with E-state index in [1.165, 1.54) is 225 Å². The fourth-order valence-electron chi connectivity index (χ4n) is 11.6. The summed E-state index contributed by atoms with van der Waals surface area (Å²) >= 11 is 0. The van der Waals surface area contributed by atoms with Crippen LogP contribution in [0.15, 0.2) is 122 Å². The van der Waals surface area contributed by atoms with Gasteiger partial charge in [0, 0.05) is 12.8 Å². The van der Waals surface area contributed by atoms with Crippen LogP contribution in [0, 0.1) is 0 Å². The van der Waals surface area contributed by atoms with Crippen molar-refractivity contribution in [3.8, 4) is 0 Å². The van der Waals surface area contributed by atoms with Crippen LogP contribution >= 0.6 is 7.82 Å². The second kappa shape index (κ2) is 76.6. The topological polar surface area (TPSA) is 111 Å². The molecule has 0 N–H and O–H groups in total. The molecule has 97 heavy (non-hydrogen) atoms. The van der Waals surface area contributed by atoms with Crippen molar-refractivity contribution < 1.29 is 42.1 Å². The van der Waals surface area contributed by atoms with Crippen molar-refractivity contribution in [2.75, 3.05) is 47.5 Å². The number of esters is 2. The third-order valence-electron chi connectivity index (χ3n) is 17.7. The number of hydrogen-bond donors (Lipinski definition) is 0. The Bertz CT molecular complexity index is 2060. The number of likely N-dealkylation sites (N-methyl/N-ethyl adjacent to an activating group) is 1. The molecule has 0 aromatic rings. The van der Waals surface area contributed by atoms with E-state index in [2.05, 4.69) is 135 Å². The van der Waals surface area contributed by atoms with Gasteiger partial charge in [0.2, 0.25) is 0 Å². The smallest absolute Gasteiger partial charge is 0.306 e. The Balaban J connectivity index is 4.00. The van der Waals surface area contributed by atoms with E-state index in [-0.39, 0.29) is 32.0 Å². The monoisotopic (exact) mass is 1370 g/mol. The van der Waals surface area contributed by atoms with Crippen LogP contribution in [-0.2, 0) is 32.7 Å². The SMILES string of the molecule is CC/C=C\C/C=C\C/C=C\C/C=C\C/C=C\C/C=C\C/C=C\C/C=C\C/C=C\C/C=C\CCCCCCCCCCCCC(=O)OC(COC(=O)CCCCCCCCCCCCCCCCCCCCCCCCCCCCCCCCCC)COP(=O)([O-])OCC[N+](C)(C)C. The van der Waals surface area contributed by atoms with Crippen LogP contribution in [0.3, 0.4) is 0 Å². The van der Waals surface area contributed by atoms with Gasteiger partial charge in [-0.2, -0.15) is 0 Å². The minimum Gasteiger partial charge on any atom is -0.756 e. The Morgan fingerprint density at radius 2 is 0.588 bits per heavy atom. The second-order valence-corrected chi connectivity index (χ2v) is 29.8. The van der Waals surface area contributed by atoms with Crippen molar-refractivity contribution in [3.63, 3.8) is 0 Å². The van der Waals surface area contributed by atoms with Crippen molar-refractivity contribution in [2.24, 2.45) is 0 Å². The van der Waals surface area contributed by atoms with Crippen LogP contribution in [0.5, 0.6) is 0 Å². The van der Waals surface area contributed by atoms with Crippen LogP contribution in [0.2, 0.25) is 0 Å². The van der Waals surface area contributed by atoms with E-state index in [1.54, 1.807) is 0 Å². The van der Waals surface area contributed by atoms with Crippen molar-refractivity contribution in [2.45, 2.75) is 373 Å². The van der Waals surface area contributed by atoms with Crippen LogP contribution in [0.25, 0.3) is 0 Å². The first-order valence-electron chi connectivity index (χ1n) is 40.7. The van der Waals surface area contributed by atoms with Gasteiger partial charge < -0.3 is 27.9 Å². The van der Waals surface area contributed by atoms with Crippen LogP contribution < -0.4 is 4.89 Å². The van der Waals surface area contributed by atoms with E-state index in [9.17, 15) is 19.0 Å². The summed E-state index contributed by atoms with van der Waals surface area (Å²) in [7, 11) is 1.17. The fourth-order valence-corrected chi connectivity index (χ4v) is 12.3. The molecule has 0 aliphatic carbocycles. The van der Waals surface area contributed by atoms with Crippen molar-refractivity contribution >= 4 is 19.8 Å². The summed E-state index contributed by atoms with van der Waals surface area (Å²) in [4.78, 5) is 38.2. The van der Waals surface area contributed by atoms with E-state index in [0.717, 1.165) is 109 Å². The summed E-state index contributed by atoms with van der Waals surface area (Å²) in [6.07, 6.45) is 110. The fraction of sp³-hybridized carbons (Fsp3) is 0.747. The Morgan fingerprint density at radius 1 is 0.330 bits per heavy atom. The predicted molar refractivity (Wildman–Crippen MR) is 420 cm³/mol. The summed E-state index contributed by atoms with van der Waals surface area (Å²) in [6, 6.07) is 0. The summed E-state index contributed by atoms with van der Waals surface area (Å²) in [5, 5.41) is 0. The highest BCUT2D eigenvalue weighted by atomic mass is 31.2. The van der Waals surface area contributed by atoms with E-state index < -0.39 is 26.5 Å². The van der Waals surface area contributed by atoms with E-state index in [0.29, 0.717) is 17.4 Å². The average molecular weight is 1370 g/mol. The molecule has 0 aliphatic rings. The molecule has 10 heteroatoms. The minimum atomic E-state index is -4.65. The first kappa shape index (κ1) is 93.4. The number of nitrogens with zero attached hydrogens (tertiary/aromatic N) is 1. The van der Waals surface area contributed by atoms with Gasteiger partial charge in [-0.1, -0.05) is 386 Å². The molecule has 0 spiro atoms. The number of phosphoric acid groups is 1. The molecule has 2 unspecified atom stereocenters. The minimum absolute atomic E-state index is 0.0345. The zero-order chi connectivity index (χ0) is 70.4. The number of carbonyl (C=O) groups excluding carboxylic acids is 2. The molecule has 9 nitrogen and oxygen atoms in total. The van der Waals surface area contributed by atoms with Gasteiger partial charge in [-0.15, -0.1) is 0 Å². The Hall–Kier alpha value is -3.59. The van der Waals surface area contributed by atoms with Gasteiger partial charge in [0.1, 0.15) is 19.8 Å². The third-order valence-corrected chi connectivity index (χ3v) is 18.7. The number of carbonyl (C=O) groups is 2. The number of hydrogen-bond acceptors (Lipinski definition) is 8. The third kappa shape index (κ3) is 81.3. The molecular weight excluding hydrogens is 1220 g/mol. The second-order valence-electron chi connectivity index (χ2n) is 28.4. The lowest BCUT2D eigenvalue weighted by atomic mass is 10.0. The van der Waals surface area contributed by atoms with Crippen molar-refractivity contribution in [3.05, 3.63) is 122 Å². The summed E-state index contributed by atoms with van der Waals surface area (Å²) in [6.45, 7) is 4.17. The van der Waals surface area contributed by atoms with Crippen LogP contribution in [0.1, 0.15) is 367 Å². The predicted octanol–water partition coefficient (Wildman–Crippen LogP) is 26.7. The van der Waals surface area contributed by atoms with Crippen molar-refractivity contribution in [1.29, 1.82) is 0 Å². The van der Waals surface area contributed by atoms with Crippen molar-refractivity contribution in [1.82, 2.24) is 0 Å². The lowest BCUT2D eigenvalue weighted by Gasteiger charge is -2.28. The average Bonchev–Trinajstić information content (AvgIpc) is 1.69. The summed E-state index contributed by atoms with van der Waals surface area (Å²) in [5.74, 6) is -0.828. The number of rotatable bonds is 75. The molecule has 2 atom stereocenters. The number of ether oxygens (including phenoxy) is 2. The van der Waals surface area contributed by atoms with Gasteiger partial charge in [-0.3, -0.25) is 14.2 Å². The highest BCUT2D eigenvalue weighted by Crippen LogP contribution is 2.38. The van der Waals surface area contributed by atoms with Gasteiger partial charge in [0.25, 0.3) is 7.82 Å². The van der Waals surface area contributed by atoms with Crippen LogP contribution in [-0.4, -0.2) is 70.0 Å². The molecule has 0 bridgehead atoms. The normalized spacial score (nSPS) is 13.7. The summed E-state index contributed by atoms with van der Waals surface area (Å²) in [5.41, 5.74) is 0. The quantitative estimate of drug-likeness (QED) is 0.0195. The van der Waals surface area contributed by atoms with Gasteiger partial charge in [-0.25, -0.2) is 0 Å². The summed E-state index contributed by atoms with van der Waals surface area (Å²) < 4.78 is 34.4. The van der Waals surface area contributed by atoms with E-state index in [1.807, 2.05) is 21.1 Å². The molecule has 0 rings (SSSR count). The molecule has 560 valence electrons. The maximum atomic E-state index is 12.9. The largest absolute Gasteiger partial charge is 0.756 e. The zero-order valence-corrected chi connectivity index (χ0v) is 64.9. The lowest BCUT2D eigenvalue weighted by molar-refractivity contribution is -0.870. The molecule has 0 amide bonds. The molecule has 0 aromatic carbocycles. The maximum absolute atomic E-state index is 12.9. The molecule has 0 radical (unpaired) electrons. The highest BCUT2D eigenvalue weighted by molar-refractivity contribution is 7.45. The lowest BCUT2D eigenvalue weighted by Crippen LogP contribution is -2.37. The Labute approximate surface area is 600 Å². The van der Waals surface area contributed by atoms with E-state index >= 15 is 0 Å². The molecule has 0 aromatic heterocycles. The van der Waals surface area contributed by atoms with Gasteiger partial charge >= 0.3 is 11.9 Å². The first-order chi connectivity index (χ1) is 47.5. The Morgan fingerprint density at radius 3 is 0.876 bits per heavy atom. The molecule has 0 saturated heterocycles. The van der Waals surface area contributed by atoms with Gasteiger partial charge in [0.05, 0.1) is 27.7 Å². The zero-order valence-electron chi connectivity index (χ0n) is 64.0. The number of allylic oxidation sites excluding steroid dienone is 20. The molecule has 0 saturated carbocycles. The molecule has 0 heterocycles. The standard InChI is InChI=1S/C87H154NO8P/c1-6-8-10-12-14-16-18-20-22-24-26-28-30-32-34-36-38-40-41-42-43-44-45-46-47-48-50-52-54-56-58-60-62-64-66-68-70-72-74-76-78-80-87(90)96-85(84-95-97(91,92)94-82-81-88(3,4)5)83-93-86(89)79-77-75-73-71-69-67-65-63-61-59-57-55-53-51-49-39-37-35-33-31-29-27-25-23-21-19-17-15-13-11-9-7-2/h8,10,14,16,20,22,26,28,32,34,38,40,42-43,45-46,48,50,54,56,85H,6-7,9,11-13,15,17-19,21,23-25,27,29-31,33,35-37,39,41,44,47,49,51-53,55,57-84H2,1-5H3/b10-8-,16-14-,22-20-,28-26-,34-32-,40-38-,43-42-,46-45-,50-48-,56-54-. The number of unbranched alkanes of at least 4 members (excludes halogenated alkanes) is 41. The van der Waals surface area contributed by atoms with E-state index in [4.69, 9.17) is 18.5 Å². The molecule has 0 aliphatic heterocycles. The Kier molecular flexibility index (Phi) is 73.8.